The fourth-order valence-corrected chi connectivity index (χ4v) is 3.26. The number of hydrogen-bond acceptors (Lipinski definition) is 5. The first-order valence-electron chi connectivity index (χ1n) is 9.74. The van der Waals surface area contributed by atoms with Gasteiger partial charge < -0.3 is 4.74 Å². The highest BCUT2D eigenvalue weighted by Crippen LogP contribution is 2.24. The lowest BCUT2D eigenvalue weighted by Gasteiger charge is -2.17. The van der Waals surface area contributed by atoms with E-state index in [-0.39, 0.29) is 18.9 Å². The number of aromatic nitrogens is 2. The van der Waals surface area contributed by atoms with Crippen molar-refractivity contribution in [3.8, 4) is 0 Å². The van der Waals surface area contributed by atoms with Crippen molar-refractivity contribution in [2.75, 3.05) is 6.61 Å². The smallest absolute Gasteiger partial charge is 0.375 e. The molecule has 0 bridgehead atoms. The van der Waals surface area contributed by atoms with Crippen LogP contribution in [0.15, 0.2) is 73.1 Å². The Hall–Kier alpha value is -3.34. The molecule has 0 unspecified atom stereocenters. The van der Waals surface area contributed by atoms with Crippen molar-refractivity contribution >= 4 is 11.8 Å². The zero-order valence-electron chi connectivity index (χ0n) is 16.5. The van der Waals surface area contributed by atoms with E-state index in [1.807, 2.05) is 42.5 Å². The van der Waals surface area contributed by atoms with Crippen molar-refractivity contribution in [1.82, 2.24) is 9.97 Å². The zero-order valence-corrected chi connectivity index (χ0v) is 16.5. The normalized spacial score (nSPS) is 10.7. The van der Waals surface area contributed by atoms with E-state index in [0.29, 0.717) is 5.69 Å². The van der Waals surface area contributed by atoms with Crippen molar-refractivity contribution in [3.63, 3.8) is 0 Å². The Morgan fingerprint density at radius 3 is 2.03 bits per heavy atom. The number of ketones is 1. The molecule has 0 spiro atoms. The number of carbonyl (C=O) groups is 2. The molecular weight excluding hydrogens is 364 g/mol. The second kappa shape index (κ2) is 10.3. The van der Waals surface area contributed by atoms with Crippen LogP contribution in [0.1, 0.15) is 35.4 Å². The molecule has 5 heteroatoms. The standard InChI is InChI=1S/C24H24N2O3/c1-2-29-24(28)23(27)16-21-15-22(26-17-25-21)20(13-18-9-5-3-6-10-18)14-19-11-7-4-8-12-19/h3-12,15,17,20H,2,13-14,16H2,1H3. The first-order chi connectivity index (χ1) is 14.2. The lowest BCUT2D eigenvalue weighted by molar-refractivity contribution is -0.153. The number of ether oxygens (including phenoxy) is 1. The first kappa shape index (κ1) is 20.4. The highest BCUT2D eigenvalue weighted by Gasteiger charge is 2.19. The Labute approximate surface area is 170 Å². The average molecular weight is 388 g/mol. The molecule has 0 aliphatic rings. The summed E-state index contributed by atoms with van der Waals surface area (Å²) in [6, 6.07) is 22.3. The third-order valence-corrected chi connectivity index (χ3v) is 4.66. The molecule has 1 aromatic heterocycles. The van der Waals surface area contributed by atoms with Crippen molar-refractivity contribution in [2.24, 2.45) is 0 Å². The molecular formula is C24H24N2O3. The van der Waals surface area contributed by atoms with Crippen molar-refractivity contribution in [2.45, 2.75) is 32.1 Å². The van der Waals surface area contributed by atoms with Gasteiger partial charge in [0.1, 0.15) is 6.33 Å². The van der Waals surface area contributed by atoms with E-state index in [1.165, 1.54) is 17.5 Å². The van der Waals surface area contributed by atoms with Gasteiger partial charge in [-0.15, -0.1) is 0 Å². The lowest BCUT2D eigenvalue weighted by Crippen LogP contribution is -2.20. The Kier molecular flexibility index (Phi) is 7.22. The maximum absolute atomic E-state index is 12.0. The fourth-order valence-electron chi connectivity index (χ4n) is 3.26. The largest absolute Gasteiger partial charge is 0.460 e. The molecule has 0 aliphatic heterocycles. The summed E-state index contributed by atoms with van der Waals surface area (Å²) in [7, 11) is 0. The van der Waals surface area contributed by atoms with Crippen LogP contribution in [0.2, 0.25) is 0 Å². The fraction of sp³-hybridized carbons (Fsp3) is 0.250. The minimum atomic E-state index is -0.821. The van der Waals surface area contributed by atoms with Crippen molar-refractivity contribution < 1.29 is 14.3 Å². The van der Waals surface area contributed by atoms with Gasteiger partial charge in [-0.1, -0.05) is 60.7 Å². The topological polar surface area (TPSA) is 69.2 Å². The van der Waals surface area contributed by atoms with Gasteiger partial charge in [-0.3, -0.25) is 4.79 Å². The molecule has 0 fully saturated rings. The summed E-state index contributed by atoms with van der Waals surface area (Å²) in [5.41, 5.74) is 3.82. The monoisotopic (exact) mass is 388 g/mol. The number of nitrogens with zero attached hydrogens (tertiary/aromatic N) is 2. The van der Waals surface area contributed by atoms with Crippen LogP contribution in [0.5, 0.6) is 0 Å². The van der Waals surface area contributed by atoms with Gasteiger partial charge in [-0.05, 0) is 37.0 Å². The van der Waals surface area contributed by atoms with E-state index in [0.717, 1.165) is 18.5 Å². The Bertz CT molecular complexity index is 901. The van der Waals surface area contributed by atoms with Crippen LogP contribution in [0, 0.1) is 0 Å². The van der Waals surface area contributed by atoms with Gasteiger partial charge in [0.25, 0.3) is 0 Å². The Morgan fingerprint density at radius 2 is 1.48 bits per heavy atom. The highest BCUT2D eigenvalue weighted by atomic mass is 16.5. The minimum absolute atomic E-state index is 0.0856. The maximum atomic E-state index is 12.0. The van der Waals surface area contributed by atoms with Gasteiger partial charge >= 0.3 is 5.97 Å². The molecule has 1 heterocycles. The predicted octanol–water partition coefficient (Wildman–Crippen LogP) is 3.72. The molecule has 148 valence electrons. The molecule has 5 nitrogen and oxygen atoms in total. The summed E-state index contributed by atoms with van der Waals surface area (Å²) in [4.78, 5) is 32.3. The molecule has 0 atom stereocenters. The second-order valence-electron chi connectivity index (χ2n) is 6.83. The molecule has 3 aromatic rings. The lowest BCUT2D eigenvalue weighted by atomic mass is 9.89. The van der Waals surface area contributed by atoms with Crippen LogP contribution in [0.4, 0.5) is 0 Å². The third-order valence-electron chi connectivity index (χ3n) is 4.66. The van der Waals surface area contributed by atoms with E-state index in [2.05, 4.69) is 34.2 Å². The van der Waals surface area contributed by atoms with Gasteiger partial charge in [-0.2, -0.15) is 0 Å². The molecule has 0 amide bonds. The average Bonchev–Trinajstić information content (AvgIpc) is 2.75. The molecule has 0 aliphatic carbocycles. The number of esters is 1. The van der Waals surface area contributed by atoms with Gasteiger partial charge in [0.05, 0.1) is 18.7 Å². The third kappa shape index (κ3) is 6.07. The SMILES string of the molecule is CCOC(=O)C(=O)Cc1cc(C(Cc2ccccc2)Cc2ccccc2)ncn1. The number of hydrogen-bond donors (Lipinski definition) is 0. The molecule has 29 heavy (non-hydrogen) atoms. The summed E-state index contributed by atoms with van der Waals surface area (Å²) in [6.07, 6.45) is 3.01. The summed E-state index contributed by atoms with van der Waals surface area (Å²) in [5, 5.41) is 0. The quantitative estimate of drug-likeness (QED) is 0.413. The predicted molar refractivity (Wildman–Crippen MR) is 110 cm³/mol. The highest BCUT2D eigenvalue weighted by molar-refractivity contribution is 6.34. The number of Topliss-reactive ketones (excluding diaryl/α,β-unsaturated/α-hetero) is 1. The molecule has 3 rings (SSSR count). The summed E-state index contributed by atoms with van der Waals surface area (Å²) in [6.45, 7) is 1.85. The van der Waals surface area contributed by atoms with Crippen molar-refractivity contribution in [1.29, 1.82) is 0 Å². The van der Waals surface area contributed by atoms with Gasteiger partial charge in [0.15, 0.2) is 0 Å². The molecule has 0 saturated heterocycles. The molecule has 0 radical (unpaired) electrons. The number of carbonyl (C=O) groups excluding carboxylic acids is 2. The summed E-state index contributed by atoms with van der Waals surface area (Å²) < 4.78 is 4.78. The van der Waals surface area contributed by atoms with Crippen LogP contribution >= 0.6 is 0 Å². The van der Waals surface area contributed by atoms with Gasteiger partial charge in [0.2, 0.25) is 5.78 Å². The number of benzene rings is 2. The van der Waals surface area contributed by atoms with Gasteiger partial charge in [-0.25, -0.2) is 14.8 Å². The molecule has 0 N–H and O–H groups in total. The van der Waals surface area contributed by atoms with Crippen LogP contribution in [-0.2, 0) is 33.6 Å². The second-order valence-corrected chi connectivity index (χ2v) is 6.83. The number of rotatable bonds is 9. The van der Waals surface area contributed by atoms with Crippen LogP contribution in [0.3, 0.4) is 0 Å². The van der Waals surface area contributed by atoms with E-state index < -0.39 is 11.8 Å². The summed E-state index contributed by atoms with van der Waals surface area (Å²) in [5.74, 6) is -1.30. The van der Waals surface area contributed by atoms with E-state index >= 15 is 0 Å². The summed E-state index contributed by atoms with van der Waals surface area (Å²) >= 11 is 0. The van der Waals surface area contributed by atoms with Crippen LogP contribution in [0.25, 0.3) is 0 Å². The van der Waals surface area contributed by atoms with E-state index in [9.17, 15) is 9.59 Å². The van der Waals surface area contributed by atoms with Crippen molar-refractivity contribution in [3.05, 3.63) is 95.6 Å². The Morgan fingerprint density at radius 1 is 0.897 bits per heavy atom. The maximum Gasteiger partial charge on any atom is 0.375 e. The first-order valence-corrected chi connectivity index (χ1v) is 9.74. The van der Waals surface area contributed by atoms with Crippen LogP contribution < -0.4 is 0 Å². The van der Waals surface area contributed by atoms with Crippen LogP contribution in [-0.4, -0.2) is 28.3 Å². The zero-order chi connectivity index (χ0) is 20.5. The van der Waals surface area contributed by atoms with E-state index in [1.54, 1.807) is 6.92 Å². The van der Waals surface area contributed by atoms with Gasteiger partial charge in [0, 0.05) is 11.6 Å². The Balaban J connectivity index is 1.83. The molecule has 2 aromatic carbocycles. The van der Waals surface area contributed by atoms with E-state index in [4.69, 9.17) is 4.74 Å². The molecule has 0 saturated carbocycles. The minimum Gasteiger partial charge on any atom is -0.460 e.